The van der Waals surface area contributed by atoms with Gasteiger partial charge in [0.1, 0.15) is 5.82 Å². The molecule has 1 aromatic rings. The minimum Gasteiger partial charge on any atom is -0.467 e. The third kappa shape index (κ3) is 2.85. The summed E-state index contributed by atoms with van der Waals surface area (Å²) in [5.74, 6) is 1.11. The van der Waals surface area contributed by atoms with Gasteiger partial charge >= 0.3 is 6.01 Å². The maximum atomic E-state index is 9.27. The number of nitrogens with one attached hydrogen (secondary N) is 1. The molecule has 2 rings (SSSR count). The van der Waals surface area contributed by atoms with Crippen LogP contribution in [-0.2, 0) is 0 Å². The average Bonchev–Trinajstić information content (AvgIpc) is 2.75. The fourth-order valence-corrected chi connectivity index (χ4v) is 2.34. The minimum atomic E-state index is 0.235. The monoisotopic (exact) mass is 237 g/mol. The topological polar surface area (TPSA) is 67.3 Å². The molecule has 0 aliphatic heterocycles. The maximum Gasteiger partial charge on any atom is 0.318 e. The van der Waals surface area contributed by atoms with Crippen LogP contribution in [0.3, 0.4) is 0 Å². The third-order valence-electron chi connectivity index (χ3n) is 3.24. The molecule has 5 heteroatoms. The van der Waals surface area contributed by atoms with Gasteiger partial charge in [-0.1, -0.05) is 6.42 Å². The molecule has 0 aromatic carbocycles. The first kappa shape index (κ1) is 12.1. The van der Waals surface area contributed by atoms with Crippen molar-refractivity contribution in [1.29, 1.82) is 0 Å². The molecule has 0 radical (unpaired) electrons. The summed E-state index contributed by atoms with van der Waals surface area (Å²) in [6.07, 6.45) is 3.32. The summed E-state index contributed by atoms with van der Waals surface area (Å²) in [5, 5.41) is 12.6. The van der Waals surface area contributed by atoms with Crippen molar-refractivity contribution in [2.75, 3.05) is 19.0 Å². The van der Waals surface area contributed by atoms with Gasteiger partial charge in [-0.15, -0.1) is 0 Å². The van der Waals surface area contributed by atoms with Crippen LogP contribution in [0.2, 0.25) is 0 Å². The van der Waals surface area contributed by atoms with E-state index < -0.39 is 0 Å². The summed E-state index contributed by atoms with van der Waals surface area (Å²) >= 11 is 0. The second kappa shape index (κ2) is 5.31. The predicted molar refractivity (Wildman–Crippen MR) is 65.2 cm³/mol. The molecular formula is C12H19N3O2. The van der Waals surface area contributed by atoms with E-state index in [-0.39, 0.29) is 6.61 Å². The van der Waals surface area contributed by atoms with Gasteiger partial charge in [-0.05, 0) is 19.8 Å². The Bertz CT molecular complexity index is 384. The molecule has 1 heterocycles. The summed E-state index contributed by atoms with van der Waals surface area (Å²) in [4.78, 5) is 8.40. The lowest BCUT2D eigenvalue weighted by Crippen LogP contribution is -2.26. The lowest BCUT2D eigenvalue weighted by molar-refractivity contribution is 0.222. The SMILES string of the molecule is COc1nc(C)cc(N[C@@H]2CCC[C@@H]2CO)n1. The van der Waals surface area contributed by atoms with Crippen molar-refractivity contribution in [3.63, 3.8) is 0 Å². The molecule has 2 N–H and O–H groups in total. The van der Waals surface area contributed by atoms with Gasteiger partial charge in [-0.25, -0.2) is 4.98 Å². The molecule has 0 unspecified atom stereocenters. The van der Waals surface area contributed by atoms with Crippen molar-refractivity contribution in [2.24, 2.45) is 5.92 Å². The average molecular weight is 237 g/mol. The fourth-order valence-electron chi connectivity index (χ4n) is 2.34. The summed E-state index contributed by atoms with van der Waals surface area (Å²) in [5.41, 5.74) is 0.873. The molecule has 1 aliphatic rings. The van der Waals surface area contributed by atoms with Crippen molar-refractivity contribution in [2.45, 2.75) is 32.2 Å². The number of ether oxygens (including phenoxy) is 1. The van der Waals surface area contributed by atoms with E-state index in [0.29, 0.717) is 18.0 Å². The van der Waals surface area contributed by atoms with Crippen LogP contribution in [0.1, 0.15) is 25.0 Å². The zero-order valence-corrected chi connectivity index (χ0v) is 10.3. The number of nitrogens with zero attached hydrogens (tertiary/aromatic N) is 2. The van der Waals surface area contributed by atoms with E-state index in [0.717, 1.165) is 30.8 Å². The van der Waals surface area contributed by atoms with Gasteiger partial charge in [0, 0.05) is 30.3 Å². The molecule has 2 atom stereocenters. The molecule has 17 heavy (non-hydrogen) atoms. The number of aliphatic hydroxyl groups excluding tert-OH is 1. The van der Waals surface area contributed by atoms with Crippen molar-refractivity contribution in [1.82, 2.24) is 9.97 Å². The number of methoxy groups -OCH3 is 1. The van der Waals surface area contributed by atoms with Crippen LogP contribution < -0.4 is 10.1 Å². The van der Waals surface area contributed by atoms with E-state index in [1.165, 1.54) is 0 Å². The molecular weight excluding hydrogens is 218 g/mol. The predicted octanol–water partition coefficient (Wildman–Crippen LogP) is 1.37. The van der Waals surface area contributed by atoms with Crippen LogP contribution in [0.4, 0.5) is 5.82 Å². The molecule has 0 bridgehead atoms. The van der Waals surface area contributed by atoms with Crippen LogP contribution in [-0.4, -0.2) is 34.8 Å². The van der Waals surface area contributed by atoms with Crippen LogP contribution in [0.15, 0.2) is 6.07 Å². The third-order valence-corrected chi connectivity index (χ3v) is 3.24. The van der Waals surface area contributed by atoms with Gasteiger partial charge in [0.05, 0.1) is 7.11 Å². The molecule has 0 amide bonds. The van der Waals surface area contributed by atoms with E-state index in [2.05, 4.69) is 15.3 Å². The minimum absolute atomic E-state index is 0.235. The van der Waals surface area contributed by atoms with Crippen molar-refractivity contribution < 1.29 is 9.84 Å². The second-order valence-corrected chi connectivity index (χ2v) is 4.51. The van der Waals surface area contributed by atoms with Crippen LogP contribution in [0, 0.1) is 12.8 Å². The molecule has 1 saturated carbocycles. The number of hydrogen-bond acceptors (Lipinski definition) is 5. The van der Waals surface area contributed by atoms with Gasteiger partial charge in [0.15, 0.2) is 0 Å². The van der Waals surface area contributed by atoms with Crippen molar-refractivity contribution >= 4 is 5.82 Å². The normalized spacial score (nSPS) is 23.7. The van der Waals surface area contributed by atoms with Gasteiger partial charge in [-0.2, -0.15) is 4.98 Å². The molecule has 1 fully saturated rings. The Balaban J connectivity index is 2.09. The molecule has 1 aliphatic carbocycles. The molecule has 5 nitrogen and oxygen atoms in total. The van der Waals surface area contributed by atoms with Gasteiger partial charge in [0.2, 0.25) is 0 Å². The van der Waals surface area contributed by atoms with E-state index in [1.54, 1.807) is 7.11 Å². The number of aromatic nitrogens is 2. The highest BCUT2D eigenvalue weighted by Crippen LogP contribution is 2.28. The first-order valence-corrected chi connectivity index (χ1v) is 6.00. The van der Waals surface area contributed by atoms with Crippen LogP contribution >= 0.6 is 0 Å². The largest absolute Gasteiger partial charge is 0.467 e. The molecule has 1 aromatic heterocycles. The quantitative estimate of drug-likeness (QED) is 0.827. The number of aryl methyl sites for hydroxylation is 1. The van der Waals surface area contributed by atoms with Gasteiger partial charge in [-0.3, -0.25) is 0 Å². The smallest absolute Gasteiger partial charge is 0.318 e. The van der Waals surface area contributed by atoms with Gasteiger partial charge in [0.25, 0.3) is 0 Å². The Kier molecular flexibility index (Phi) is 3.78. The van der Waals surface area contributed by atoms with Gasteiger partial charge < -0.3 is 15.2 Å². The highest BCUT2D eigenvalue weighted by Gasteiger charge is 2.26. The van der Waals surface area contributed by atoms with Crippen molar-refractivity contribution in [3.8, 4) is 6.01 Å². The molecule has 94 valence electrons. The molecule has 0 spiro atoms. The van der Waals surface area contributed by atoms with Crippen LogP contribution in [0.25, 0.3) is 0 Å². The van der Waals surface area contributed by atoms with Crippen LogP contribution in [0.5, 0.6) is 6.01 Å². The van der Waals surface area contributed by atoms with E-state index in [4.69, 9.17) is 4.74 Å². The Labute approximate surface area is 101 Å². The Morgan fingerprint density at radius 3 is 3.00 bits per heavy atom. The first-order chi connectivity index (χ1) is 8.22. The summed E-state index contributed by atoms with van der Waals surface area (Å²) in [6, 6.07) is 2.58. The number of rotatable bonds is 4. The summed E-state index contributed by atoms with van der Waals surface area (Å²) in [7, 11) is 1.56. The lowest BCUT2D eigenvalue weighted by Gasteiger charge is -2.19. The Morgan fingerprint density at radius 1 is 1.47 bits per heavy atom. The second-order valence-electron chi connectivity index (χ2n) is 4.51. The highest BCUT2D eigenvalue weighted by atomic mass is 16.5. The number of anilines is 1. The summed E-state index contributed by atoms with van der Waals surface area (Å²) < 4.78 is 5.04. The standard InChI is InChI=1S/C12H19N3O2/c1-8-6-11(15-12(13-8)17-2)14-10-5-3-4-9(10)7-16/h6,9-10,16H,3-5,7H2,1-2H3,(H,13,14,15)/t9-,10-/m1/s1. The highest BCUT2D eigenvalue weighted by molar-refractivity contribution is 5.38. The molecule has 0 saturated heterocycles. The number of hydrogen-bond donors (Lipinski definition) is 2. The zero-order valence-electron chi connectivity index (χ0n) is 10.3. The lowest BCUT2D eigenvalue weighted by atomic mass is 10.1. The number of aliphatic hydroxyl groups is 1. The first-order valence-electron chi connectivity index (χ1n) is 6.00. The Hall–Kier alpha value is -1.36. The van der Waals surface area contributed by atoms with E-state index in [9.17, 15) is 5.11 Å². The Morgan fingerprint density at radius 2 is 2.29 bits per heavy atom. The maximum absolute atomic E-state index is 9.27. The fraction of sp³-hybridized carbons (Fsp3) is 0.667. The zero-order chi connectivity index (χ0) is 12.3. The van der Waals surface area contributed by atoms with E-state index >= 15 is 0 Å². The van der Waals surface area contributed by atoms with Crippen molar-refractivity contribution in [3.05, 3.63) is 11.8 Å². The summed E-state index contributed by atoms with van der Waals surface area (Å²) in [6.45, 7) is 2.15. The van der Waals surface area contributed by atoms with E-state index in [1.807, 2.05) is 13.0 Å².